The summed E-state index contributed by atoms with van der Waals surface area (Å²) in [5.41, 5.74) is -4.16. The minimum absolute atomic E-state index is 0.319. The van der Waals surface area contributed by atoms with Gasteiger partial charge in [0, 0.05) is 0 Å². The van der Waals surface area contributed by atoms with Crippen LogP contribution in [0, 0.1) is 69.8 Å². The fraction of sp³-hybridized carbons (Fsp3) is 0. The lowest BCUT2D eigenvalue weighted by Gasteiger charge is -2.20. The SMILES string of the molecule is C=Cc1c(F)c(F)c(OB(Oc2c(F)c(F)c(C=C)c(F)c2F)Oc2c(F)c(F)c(C=C)c(F)c2F)c(F)c1F. The second-order valence-electron chi connectivity index (χ2n) is 7.25. The fourth-order valence-electron chi connectivity index (χ4n) is 3.09. The summed E-state index contributed by atoms with van der Waals surface area (Å²) in [6, 6.07) is 0. The normalized spacial score (nSPS) is 10.8. The molecule has 0 saturated heterocycles. The van der Waals surface area contributed by atoms with Gasteiger partial charge in [0.15, 0.2) is 52.2 Å². The van der Waals surface area contributed by atoms with E-state index in [2.05, 4.69) is 33.7 Å². The maximum absolute atomic E-state index is 14.5. The number of rotatable bonds is 9. The van der Waals surface area contributed by atoms with Crippen molar-refractivity contribution in [2.45, 2.75) is 0 Å². The smallest absolute Gasteiger partial charge is 0.484 e. The highest BCUT2D eigenvalue weighted by atomic mass is 19.2. The van der Waals surface area contributed by atoms with Crippen molar-refractivity contribution in [2.75, 3.05) is 0 Å². The van der Waals surface area contributed by atoms with Crippen LogP contribution in [0.3, 0.4) is 0 Å². The van der Waals surface area contributed by atoms with Crippen LogP contribution in [0.5, 0.6) is 17.2 Å². The largest absolute Gasteiger partial charge is 0.864 e. The molecule has 0 unspecified atom stereocenters. The molecule has 16 heteroatoms. The molecule has 0 aromatic heterocycles. The van der Waals surface area contributed by atoms with Gasteiger partial charge >= 0.3 is 7.32 Å². The average molecular weight is 584 g/mol. The van der Waals surface area contributed by atoms with Gasteiger partial charge in [-0.15, -0.1) is 0 Å². The second-order valence-corrected chi connectivity index (χ2v) is 7.25. The fourth-order valence-corrected chi connectivity index (χ4v) is 3.09. The van der Waals surface area contributed by atoms with E-state index < -0.39 is 111 Å². The Labute approximate surface area is 216 Å². The van der Waals surface area contributed by atoms with Crippen LogP contribution in [-0.2, 0) is 0 Å². The van der Waals surface area contributed by atoms with Crippen molar-refractivity contribution < 1.29 is 66.6 Å². The average Bonchev–Trinajstić information content (AvgIpc) is 2.93. The number of halogens is 12. The van der Waals surface area contributed by atoms with Crippen molar-refractivity contribution in [3.63, 3.8) is 0 Å². The van der Waals surface area contributed by atoms with Gasteiger partial charge in [0.2, 0.25) is 34.9 Å². The summed E-state index contributed by atoms with van der Waals surface area (Å²) in [5.74, 6) is -34.1. The van der Waals surface area contributed by atoms with E-state index in [0.717, 1.165) is 0 Å². The molecule has 0 saturated carbocycles. The molecule has 210 valence electrons. The van der Waals surface area contributed by atoms with E-state index in [9.17, 15) is 52.7 Å². The van der Waals surface area contributed by atoms with Gasteiger partial charge in [-0.25, -0.2) is 26.3 Å². The van der Waals surface area contributed by atoms with Crippen LogP contribution >= 0.6 is 0 Å². The topological polar surface area (TPSA) is 27.7 Å². The lowest BCUT2D eigenvalue weighted by Crippen LogP contribution is -2.39. The summed E-state index contributed by atoms with van der Waals surface area (Å²) in [4.78, 5) is 0. The van der Waals surface area contributed by atoms with Crippen molar-refractivity contribution in [2.24, 2.45) is 0 Å². The van der Waals surface area contributed by atoms with Gasteiger partial charge in [0.1, 0.15) is 0 Å². The lowest BCUT2D eigenvalue weighted by atomic mass is 10.1. The molecule has 3 aromatic carbocycles. The quantitative estimate of drug-likeness (QED) is 0.146. The zero-order valence-electron chi connectivity index (χ0n) is 19.2. The number of hydrogen-bond acceptors (Lipinski definition) is 3. The predicted octanol–water partition coefficient (Wildman–Crippen LogP) is 7.81. The van der Waals surface area contributed by atoms with E-state index in [0.29, 0.717) is 18.2 Å². The summed E-state index contributed by atoms with van der Waals surface area (Å²) in [7, 11) is -3.47. The molecule has 0 aliphatic rings. The van der Waals surface area contributed by atoms with Gasteiger partial charge in [0.05, 0.1) is 16.7 Å². The maximum atomic E-state index is 14.5. The summed E-state index contributed by atoms with van der Waals surface area (Å²) >= 11 is 0. The van der Waals surface area contributed by atoms with E-state index in [1.165, 1.54) is 0 Å². The van der Waals surface area contributed by atoms with E-state index in [4.69, 9.17) is 0 Å². The van der Waals surface area contributed by atoms with E-state index in [1.54, 1.807) is 0 Å². The molecule has 0 spiro atoms. The third kappa shape index (κ3) is 4.84. The molecule has 0 amide bonds. The minimum atomic E-state index is -3.47. The summed E-state index contributed by atoms with van der Waals surface area (Å²) in [5, 5.41) is 0. The van der Waals surface area contributed by atoms with E-state index >= 15 is 0 Å². The Bertz CT molecular complexity index is 1300. The monoisotopic (exact) mass is 584 g/mol. The molecule has 3 rings (SSSR count). The highest BCUT2D eigenvalue weighted by Crippen LogP contribution is 2.36. The minimum Gasteiger partial charge on any atom is -0.484 e. The van der Waals surface area contributed by atoms with Crippen LogP contribution in [0.2, 0.25) is 0 Å². The lowest BCUT2D eigenvalue weighted by molar-refractivity contribution is 0.255. The summed E-state index contributed by atoms with van der Waals surface area (Å²) < 4.78 is 185. The molecule has 0 radical (unpaired) electrons. The Morgan fingerprint density at radius 1 is 0.350 bits per heavy atom. The Morgan fingerprint density at radius 3 is 0.675 bits per heavy atom. The van der Waals surface area contributed by atoms with Gasteiger partial charge in [-0.05, 0) is 0 Å². The van der Waals surface area contributed by atoms with Crippen LogP contribution in [0.4, 0.5) is 52.7 Å². The first kappa shape index (κ1) is 30.1. The molecule has 0 fully saturated rings. The molecular formula is C24H9BF12O3. The molecule has 40 heavy (non-hydrogen) atoms. The van der Waals surface area contributed by atoms with Crippen molar-refractivity contribution in [3.05, 3.63) is 106 Å². The molecule has 0 aliphatic carbocycles. The molecule has 0 bridgehead atoms. The first-order chi connectivity index (χ1) is 18.7. The summed E-state index contributed by atoms with van der Waals surface area (Å²) in [6.45, 7) is 8.73. The molecular weight excluding hydrogens is 575 g/mol. The van der Waals surface area contributed by atoms with E-state index in [1.807, 2.05) is 0 Å². The van der Waals surface area contributed by atoms with Crippen LogP contribution < -0.4 is 14.0 Å². The standard InChI is InChI=1S/C24H9BF12O3/c1-4-7-10(26)16(32)22(17(33)11(7)27)38-25(39-23-18(34)12(28)8(5-2)13(29)19(23)35)40-24-20(36)14(30)9(6-3)15(31)21(24)37/h4-6H,1-3H2. The highest BCUT2D eigenvalue weighted by molar-refractivity contribution is 6.39. The van der Waals surface area contributed by atoms with Gasteiger partial charge < -0.3 is 14.0 Å². The van der Waals surface area contributed by atoms with Crippen LogP contribution in [-0.4, -0.2) is 7.32 Å². The van der Waals surface area contributed by atoms with Gasteiger partial charge in [-0.2, -0.15) is 26.3 Å². The van der Waals surface area contributed by atoms with Crippen LogP contribution in [0.15, 0.2) is 19.7 Å². The van der Waals surface area contributed by atoms with E-state index in [-0.39, 0.29) is 0 Å². The zero-order chi connectivity index (χ0) is 30.2. The number of benzene rings is 3. The first-order valence-electron chi connectivity index (χ1n) is 10.2. The van der Waals surface area contributed by atoms with Gasteiger partial charge in [-0.1, -0.05) is 38.0 Å². The molecule has 3 aromatic rings. The zero-order valence-corrected chi connectivity index (χ0v) is 19.2. The molecule has 0 aliphatic heterocycles. The molecule has 0 N–H and O–H groups in total. The Balaban J connectivity index is 2.26. The first-order valence-corrected chi connectivity index (χ1v) is 10.2. The molecule has 0 heterocycles. The Morgan fingerprint density at radius 2 is 0.525 bits per heavy atom. The Hall–Kier alpha value is -4.50. The van der Waals surface area contributed by atoms with Crippen LogP contribution in [0.25, 0.3) is 18.2 Å². The van der Waals surface area contributed by atoms with Crippen molar-refractivity contribution >= 4 is 25.5 Å². The predicted molar refractivity (Wildman–Crippen MR) is 117 cm³/mol. The molecule has 0 atom stereocenters. The van der Waals surface area contributed by atoms with Crippen molar-refractivity contribution in [3.8, 4) is 17.2 Å². The van der Waals surface area contributed by atoms with Crippen molar-refractivity contribution in [1.82, 2.24) is 0 Å². The van der Waals surface area contributed by atoms with Gasteiger partial charge in [0.25, 0.3) is 0 Å². The highest BCUT2D eigenvalue weighted by Gasteiger charge is 2.41. The third-order valence-corrected chi connectivity index (χ3v) is 5.03. The second kappa shape index (κ2) is 11.3. The maximum Gasteiger partial charge on any atom is 0.864 e. The van der Waals surface area contributed by atoms with Crippen molar-refractivity contribution in [1.29, 1.82) is 0 Å². The van der Waals surface area contributed by atoms with Gasteiger partial charge in [-0.3, -0.25) is 0 Å². The van der Waals surface area contributed by atoms with Crippen LogP contribution in [0.1, 0.15) is 16.7 Å². The summed E-state index contributed by atoms with van der Waals surface area (Å²) in [6.07, 6.45) is 0.958. The number of hydrogen-bond donors (Lipinski definition) is 0. The third-order valence-electron chi connectivity index (χ3n) is 5.03. The Kier molecular flexibility index (Phi) is 8.50. The molecule has 3 nitrogen and oxygen atoms in total.